The van der Waals surface area contributed by atoms with Gasteiger partial charge in [0.15, 0.2) is 0 Å². The van der Waals surface area contributed by atoms with Crippen LogP contribution in [0.2, 0.25) is 5.02 Å². The maximum Gasteiger partial charge on any atom is 0.319 e. The van der Waals surface area contributed by atoms with Gasteiger partial charge < -0.3 is 10.6 Å². The highest BCUT2D eigenvalue weighted by molar-refractivity contribution is 6.30. The minimum absolute atomic E-state index is 0.150. The summed E-state index contributed by atoms with van der Waals surface area (Å²) in [5.41, 5.74) is 1.92. The van der Waals surface area contributed by atoms with Crippen LogP contribution in [0.4, 0.5) is 10.5 Å². The molecule has 4 heterocycles. The van der Waals surface area contributed by atoms with Crippen LogP contribution in [-0.2, 0) is 6.42 Å². The number of piperidine rings is 3. The number of pyridine rings is 1. The standard InChI is InChI=1S/C20H23ClN4O/c21-16-4-1-5-17(12-16)23-20(26)24-19-15-6-9-25(10-7-15)18(19)11-14-3-2-8-22-13-14/h1-5,8,12-13,15,18-19H,6-7,9-11H2,(H2,23,24,26). The van der Waals surface area contributed by atoms with Gasteiger partial charge in [-0.05, 0) is 68.1 Å². The number of halogens is 1. The van der Waals surface area contributed by atoms with Crippen molar-refractivity contribution in [2.45, 2.75) is 31.3 Å². The van der Waals surface area contributed by atoms with Gasteiger partial charge in [-0.25, -0.2) is 4.79 Å². The van der Waals surface area contributed by atoms with E-state index in [2.05, 4.69) is 26.6 Å². The lowest BCUT2D eigenvalue weighted by molar-refractivity contribution is 0.0184. The van der Waals surface area contributed by atoms with Gasteiger partial charge >= 0.3 is 6.03 Å². The van der Waals surface area contributed by atoms with Crippen molar-refractivity contribution < 1.29 is 4.79 Å². The summed E-state index contributed by atoms with van der Waals surface area (Å²) >= 11 is 6.00. The van der Waals surface area contributed by atoms with Crippen molar-refractivity contribution in [3.8, 4) is 0 Å². The van der Waals surface area contributed by atoms with Crippen molar-refractivity contribution >= 4 is 23.3 Å². The molecule has 0 radical (unpaired) electrons. The van der Waals surface area contributed by atoms with Gasteiger partial charge in [-0.3, -0.25) is 9.88 Å². The molecule has 3 aliphatic rings. The van der Waals surface area contributed by atoms with E-state index in [1.54, 1.807) is 18.3 Å². The molecule has 2 N–H and O–H groups in total. The van der Waals surface area contributed by atoms with Crippen molar-refractivity contribution in [3.05, 3.63) is 59.4 Å². The van der Waals surface area contributed by atoms with Crippen LogP contribution in [0.1, 0.15) is 18.4 Å². The Hall–Kier alpha value is -2.11. The number of anilines is 1. The van der Waals surface area contributed by atoms with E-state index in [9.17, 15) is 4.79 Å². The Kier molecular flexibility index (Phi) is 5.09. The van der Waals surface area contributed by atoms with Crippen LogP contribution in [0.15, 0.2) is 48.8 Å². The number of rotatable bonds is 4. The summed E-state index contributed by atoms with van der Waals surface area (Å²) in [6.07, 6.45) is 6.92. The van der Waals surface area contributed by atoms with Crippen molar-refractivity contribution in [2.75, 3.05) is 18.4 Å². The number of aromatic nitrogens is 1. The second-order valence-corrected chi connectivity index (χ2v) is 7.58. The van der Waals surface area contributed by atoms with E-state index in [1.807, 2.05) is 24.4 Å². The number of hydrogen-bond acceptors (Lipinski definition) is 3. The van der Waals surface area contributed by atoms with Crippen LogP contribution >= 0.6 is 11.6 Å². The molecule has 5 nitrogen and oxygen atoms in total. The van der Waals surface area contributed by atoms with Gasteiger partial charge in [-0.1, -0.05) is 23.7 Å². The minimum Gasteiger partial charge on any atom is -0.333 e. The number of carbonyl (C=O) groups is 1. The Morgan fingerprint density at radius 3 is 2.81 bits per heavy atom. The van der Waals surface area contributed by atoms with Crippen molar-refractivity contribution in [2.24, 2.45) is 5.92 Å². The summed E-state index contributed by atoms with van der Waals surface area (Å²) in [5.74, 6) is 0.534. The predicted octanol–water partition coefficient (Wildman–Crippen LogP) is 3.56. The number of nitrogens with one attached hydrogen (secondary N) is 2. The molecule has 136 valence electrons. The van der Waals surface area contributed by atoms with Crippen LogP contribution < -0.4 is 10.6 Å². The predicted molar refractivity (Wildman–Crippen MR) is 103 cm³/mol. The lowest BCUT2D eigenvalue weighted by atomic mass is 9.77. The second-order valence-electron chi connectivity index (χ2n) is 7.14. The smallest absolute Gasteiger partial charge is 0.319 e. The Morgan fingerprint density at radius 1 is 1.23 bits per heavy atom. The fourth-order valence-corrected chi connectivity index (χ4v) is 4.46. The number of benzene rings is 1. The Balaban J connectivity index is 1.46. The number of amides is 2. The first-order chi connectivity index (χ1) is 12.7. The Labute approximate surface area is 158 Å². The molecule has 3 saturated heterocycles. The third kappa shape index (κ3) is 3.84. The molecule has 1 aromatic carbocycles. The van der Waals surface area contributed by atoms with Crippen LogP contribution in [0.3, 0.4) is 0 Å². The number of hydrogen-bond donors (Lipinski definition) is 2. The first-order valence-electron chi connectivity index (χ1n) is 9.15. The average Bonchev–Trinajstić information content (AvgIpc) is 2.65. The highest BCUT2D eigenvalue weighted by Crippen LogP contribution is 2.34. The van der Waals surface area contributed by atoms with Gasteiger partial charge in [0.25, 0.3) is 0 Å². The fourth-order valence-electron chi connectivity index (χ4n) is 4.27. The van der Waals surface area contributed by atoms with Gasteiger partial charge in [-0.15, -0.1) is 0 Å². The Morgan fingerprint density at radius 2 is 2.08 bits per heavy atom. The fraction of sp³-hybridized carbons (Fsp3) is 0.400. The zero-order valence-corrected chi connectivity index (χ0v) is 15.3. The molecule has 2 atom stereocenters. The van der Waals surface area contributed by atoms with Crippen molar-refractivity contribution in [3.63, 3.8) is 0 Å². The average molecular weight is 371 g/mol. The summed E-state index contributed by atoms with van der Waals surface area (Å²) in [4.78, 5) is 19.3. The summed E-state index contributed by atoms with van der Waals surface area (Å²) in [6, 6.07) is 11.6. The van der Waals surface area contributed by atoms with E-state index in [1.165, 1.54) is 5.56 Å². The lowest BCUT2D eigenvalue weighted by Gasteiger charge is -2.51. The molecule has 0 spiro atoms. The molecular weight excluding hydrogens is 348 g/mol. The quantitative estimate of drug-likeness (QED) is 0.865. The molecule has 3 fully saturated rings. The van der Waals surface area contributed by atoms with E-state index in [-0.39, 0.29) is 12.1 Å². The molecule has 2 amide bonds. The minimum atomic E-state index is -0.165. The van der Waals surface area contributed by atoms with Gasteiger partial charge in [0.05, 0.1) is 0 Å². The molecule has 3 aliphatic heterocycles. The number of nitrogens with zero attached hydrogens (tertiary/aromatic N) is 2. The second kappa shape index (κ2) is 7.64. The van der Waals surface area contributed by atoms with E-state index in [0.717, 1.165) is 32.4 Å². The first kappa shape index (κ1) is 17.3. The van der Waals surface area contributed by atoms with Gasteiger partial charge in [0.2, 0.25) is 0 Å². The zero-order valence-electron chi connectivity index (χ0n) is 14.6. The molecule has 2 aromatic rings. The SMILES string of the molecule is O=C(Nc1cccc(Cl)c1)NC1C2CCN(CC2)C1Cc1cccnc1. The Bertz CT molecular complexity index is 761. The molecule has 0 aliphatic carbocycles. The maximum atomic E-state index is 12.6. The van der Waals surface area contributed by atoms with Gasteiger partial charge in [0.1, 0.15) is 0 Å². The molecule has 5 rings (SSSR count). The zero-order chi connectivity index (χ0) is 17.9. The summed E-state index contributed by atoms with van der Waals surface area (Å²) < 4.78 is 0. The van der Waals surface area contributed by atoms with Crippen LogP contribution in [0.25, 0.3) is 0 Å². The third-order valence-electron chi connectivity index (χ3n) is 5.51. The molecule has 1 aromatic heterocycles. The largest absolute Gasteiger partial charge is 0.333 e. The molecule has 2 bridgehead atoms. The summed E-state index contributed by atoms with van der Waals surface area (Å²) in [7, 11) is 0. The topological polar surface area (TPSA) is 57.3 Å². The number of carbonyl (C=O) groups excluding carboxylic acids is 1. The molecule has 6 heteroatoms. The van der Waals surface area contributed by atoms with E-state index in [0.29, 0.717) is 22.7 Å². The van der Waals surface area contributed by atoms with Crippen LogP contribution in [0.5, 0.6) is 0 Å². The van der Waals surface area contributed by atoms with E-state index >= 15 is 0 Å². The molecule has 2 unspecified atom stereocenters. The van der Waals surface area contributed by atoms with Crippen LogP contribution in [-0.4, -0.2) is 41.1 Å². The summed E-state index contributed by atoms with van der Waals surface area (Å²) in [6.45, 7) is 2.23. The van der Waals surface area contributed by atoms with Gasteiger partial charge in [-0.2, -0.15) is 0 Å². The highest BCUT2D eigenvalue weighted by Gasteiger charge is 2.42. The maximum absolute atomic E-state index is 12.6. The summed E-state index contributed by atoms with van der Waals surface area (Å²) in [5, 5.41) is 6.75. The molecule has 0 saturated carbocycles. The first-order valence-corrected chi connectivity index (χ1v) is 9.53. The highest BCUT2D eigenvalue weighted by atomic mass is 35.5. The third-order valence-corrected chi connectivity index (χ3v) is 5.75. The normalized spacial score (nSPS) is 27.1. The molecular formula is C20H23ClN4O. The monoisotopic (exact) mass is 370 g/mol. The lowest BCUT2D eigenvalue weighted by Crippen LogP contribution is -2.64. The van der Waals surface area contributed by atoms with Crippen LogP contribution in [0, 0.1) is 5.92 Å². The van der Waals surface area contributed by atoms with E-state index in [4.69, 9.17) is 11.6 Å². The van der Waals surface area contributed by atoms with E-state index < -0.39 is 0 Å². The van der Waals surface area contributed by atoms with Crippen molar-refractivity contribution in [1.82, 2.24) is 15.2 Å². The number of urea groups is 1. The van der Waals surface area contributed by atoms with Gasteiger partial charge in [0, 0.05) is 35.2 Å². The van der Waals surface area contributed by atoms with Crippen molar-refractivity contribution in [1.29, 1.82) is 0 Å². The number of fused-ring (bicyclic) bond motifs is 3. The molecule has 26 heavy (non-hydrogen) atoms.